The predicted octanol–water partition coefficient (Wildman–Crippen LogP) is 0.296. The van der Waals surface area contributed by atoms with Crippen LogP contribution >= 0.6 is 0 Å². The molecule has 1 aromatic heterocycles. The Balaban J connectivity index is 2.41. The third-order valence-corrected chi connectivity index (χ3v) is 4.82. The lowest BCUT2D eigenvalue weighted by atomic mass is 10.1. The Hall–Kier alpha value is -1.63. The number of sulfone groups is 1. The maximum Gasteiger partial charge on any atom is 0.337 e. The molecular weight excluding hydrogens is 258 g/mol. The van der Waals surface area contributed by atoms with Crippen molar-refractivity contribution in [2.24, 2.45) is 0 Å². The molecule has 0 aliphatic carbocycles. The second-order valence-electron chi connectivity index (χ2n) is 4.38. The van der Waals surface area contributed by atoms with Crippen LogP contribution in [0.25, 0.3) is 0 Å². The smallest absolute Gasteiger partial charge is 0.337 e. The van der Waals surface area contributed by atoms with E-state index in [1.165, 1.54) is 16.8 Å². The first-order valence-electron chi connectivity index (χ1n) is 5.55. The SMILES string of the molecule is O=C(O)c1ccc(=O)n(C2CCCS(=O)(=O)C2)c1. The highest BCUT2D eigenvalue weighted by atomic mass is 32.2. The molecule has 2 heterocycles. The van der Waals surface area contributed by atoms with Crippen molar-refractivity contribution in [1.29, 1.82) is 0 Å². The minimum absolute atomic E-state index is 0.0161. The van der Waals surface area contributed by atoms with Gasteiger partial charge >= 0.3 is 5.97 Å². The van der Waals surface area contributed by atoms with Crippen molar-refractivity contribution in [1.82, 2.24) is 4.57 Å². The molecule has 1 aliphatic heterocycles. The summed E-state index contributed by atoms with van der Waals surface area (Å²) < 4.78 is 24.3. The molecule has 1 unspecified atom stereocenters. The molecule has 2 rings (SSSR count). The van der Waals surface area contributed by atoms with Crippen LogP contribution in [0.1, 0.15) is 29.2 Å². The van der Waals surface area contributed by atoms with E-state index in [2.05, 4.69) is 0 Å². The number of hydrogen-bond donors (Lipinski definition) is 1. The second-order valence-corrected chi connectivity index (χ2v) is 6.61. The van der Waals surface area contributed by atoms with Crippen LogP contribution in [-0.2, 0) is 9.84 Å². The molecule has 18 heavy (non-hydrogen) atoms. The van der Waals surface area contributed by atoms with Crippen molar-refractivity contribution >= 4 is 15.8 Å². The molecule has 0 amide bonds. The molecule has 1 atom stereocenters. The van der Waals surface area contributed by atoms with Crippen LogP contribution in [0.2, 0.25) is 0 Å². The number of aromatic nitrogens is 1. The Bertz CT molecular complexity index is 631. The van der Waals surface area contributed by atoms with E-state index >= 15 is 0 Å². The first kappa shape index (κ1) is 12.8. The van der Waals surface area contributed by atoms with E-state index in [9.17, 15) is 18.0 Å². The molecule has 0 saturated carbocycles. The molecule has 0 spiro atoms. The molecule has 1 fully saturated rings. The lowest BCUT2D eigenvalue weighted by Gasteiger charge is -2.24. The average molecular weight is 271 g/mol. The van der Waals surface area contributed by atoms with Crippen molar-refractivity contribution in [3.63, 3.8) is 0 Å². The van der Waals surface area contributed by atoms with Crippen molar-refractivity contribution in [3.8, 4) is 0 Å². The average Bonchev–Trinajstić information content (AvgIpc) is 2.27. The summed E-state index contributed by atoms with van der Waals surface area (Å²) in [5.74, 6) is -1.10. The summed E-state index contributed by atoms with van der Waals surface area (Å²) in [7, 11) is -3.14. The van der Waals surface area contributed by atoms with Gasteiger partial charge < -0.3 is 9.67 Å². The van der Waals surface area contributed by atoms with Gasteiger partial charge in [-0.25, -0.2) is 13.2 Å². The van der Waals surface area contributed by atoms with E-state index in [1.807, 2.05) is 0 Å². The fourth-order valence-corrected chi connectivity index (χ4v) is 3.82. The van der Waals surface area contributed by atoms with E-state index in [4.69, 9.17) is 5.11 Å². The minimum Gasteiger partial charge on any atom is -0.478 e. The van der Waals surface area contributed by atoms with Gasteiger partial charge in [-0.05, 0) is 18.9 Å². The van der Waals surface area contributed by atoms with Crippen LogP contribution in [0.3, 0.4) is 0 Å². The first-order chi connectivity index (χ1) is 8.39. The molecular formula is C11H13NO5S. The molecule has 0 radical (unpaired) electrons. The van der Waals surface area contributed by atoms with Gasteiger partial charge in [0.05, 0.1) is 23.1 Å². The minimum atomic E-state index is -3.14. The molecule has 1 N–H and O–H groups in total. The zero-order valence-corrected chi connectivity index (χ0v) is 10.4. The lowest BCUT2D eigenvalue weighted by Crippen LogP contribution is -2.33. The monoisotopic (exact) mass is 271 g/mol. The van der Waals surface area contributed by atoms with Crippen LogP contribution in [0, 0.1) is 0 Å². The number of carboxylic acid groups (broad SMARTS) is 1. The Morgan fingerprint density at radius 1 is 1.39 bits per heavy atom. The maximum absolute atomic E-state index is 11.7. The van der Waals surface area contributed by atoms with E-state index in [-0.39, 0.29) is 22.6 Å². The van der Waals surface area contributed by atoms with Gasteiger partial charge in [-0.2, -0.15) is 0 Å². The van der Waals surface area contributed by atoms with Gasteiger partial charge in [0.15, 0.2) is 9.84 Å². The molecule has 98 valence electrons. The van der Waals surface area contributed by atoms with Crippen LogP contribution in [0.4, 0.5) is 0 Å². The molecule has 7 heteroatoms. The fraction of sp³-hybridized carbons (Fsp3) is 0.455. The number of rotatable bonds is 2. The number of hydrogen-bond acceptors (Lipinski definition) is 4. The largest absolute Gasteiger partial charge is 0.478 e. The normalized spacial score (nSPS) is 22.6. The van der Waals surface area contributed by atoms with E-state index in [0.717, 1.165) is 6.07 Å². The summed E-state index contributed by atoms with van der Waals surface area (Å²) >= 11 is 0. The molecule has 1 aliphatic rings. The third kappa shape index (κ3) is 2.61. The van der Waals surface area contributed by atoms with Gasteiger partial charge in [-0.3, -0.25) is 4.79 Å². The fourth-order valence-electron chi connectivity index (χ4n) is 2.13. The van der Waals surface area contributed by atoms with Gasteiger partial charge in [0.25, 0.3) is 5.56 Å². The summed E-state index contributed by atoms with van der Waals surface area (Å²) in [4.78, 5) is 22.5. The zero-order chi connectivity index (χ0) is 13.3. The van der Waals surface area contributed by atoms with E-state index in [1.54, 1.807) is 0 Å². The van der Waals surface area contributed by atoms with Crippen LogP contribution in [0.15, 0.2) is 23.1 Å². The molecule has 1 saturated heterocycles. The van der Waals surface area contributed by atoms with Crippen molar-refractivity contribution in [2.45, 2.75) is 18.9 Å². The number of pyridine rings is 1. The van der Waals surface area contributed by atoms with Crippen molar-refractivity contribution in [3.05, 3.63) is 34.2 Å². The lowest BCUT2D eigenvalue weighted by molar-refractivity contribution is 0.0695. The summed E-state index contributed by atoms with van der Waals surface area (Å²) in [6.45, 7) is 0. The van der Waals surface area contributed by atoms with Gasteiger partial charge in [0.2, 0.25) is 0 Å². The number of carbonyl (C=O) groups is 1. The number of carboxylic acids is 1. The highest BCUT2D eigenvalue weighted by Gasteiger charge is 2.26. The third-order valence-electron chi connectivity index (χ3n) is 3.02. The summed E-state index contributed by atoms with van der Waals surface area (Å²) in [6, 6.07) is 1.92. The Morgan fingerprint density at radius 2 is 2.11 bits per heavy atom. The highest BCUT2D eigenvalue weighted by molar-refractivity contribution is 7.91. The van der Waals surface area contributed by atoms with Gasteiger partial charge in [0.1, 0.15) is 0 Å². The predicted molar refractivity (Wildman–Crippen MR) is 64.6 cm³/mol. The summed E-state index contributed by atoms with van der Waals surface area (Å²) in [6.07, 6.45) is 2.29. The van der Waals surface area contributed by atoms with Crippen LogP contribution in [-0.4, -0.2) is 35.6 Å². The molecule has 0 aromatic carbocycles. The van der Waals surface area contributed by atoms with Crippen molar-refractivity contribution in [2.75, 3.05) is 11.5 Å². The Kier molecular flexibility index (Phi) is 3.25. The maximum atomic E-state index is 11.7. The molecule has 1 aromatic rings. The van der Waals surface area contributed by atoms with Crippen LogP contribution in [0.5, 0.6) is 0 Å². The summed E-state index contributed by atoms with van der Waals surface area (Å²) in [5.41, 5.74) is -0.389. The first-order valence-corrected chi connectivity index (χ1v) is 7.37. The van der Waals surface area contributed by atoms with E-state index in [0.29, 0.717) is 12.8 Å². The van der Waals surface area contributed by atoms with Gasteiger partial charge in [0, 0.05) is 12.3 Å². The number of aromatic carboxylic acids is 1. The van der Waals surface area contributed by atoms with Crippen LogP contribution < -0.4 is 5.56 Å². The Morgan fingerprint density at radius 3 is 2.72 bits per heavy atom. The van der Waals surface area contributed by atoms with Gasteiger partial charge in [-0.1, -0.05) is 0 Å². The quantitative estimate of drug-likeness (QED) is 0.834. The Labute approximate surface area is 104 Å². The topological polar surface area (TPSA) is 93.4 Å². The van der Waals surface area contributed by atoms with E-state index < -0.39 is 21.8 Å². The van der Waals surface area contributed by atoms with Gasteiger partial charge in [-0.15, -0.1) is 0 Å². The molecule has 6 nitrogen and oxygen atoms in total. The molecule has 0 bridgehead atoms. The van der Waals surface area contributed by atoms with Crippen molar-refractivity contribution < 1.29 is 18.3 Å². The standard InChI is InChI=1S/C11H13NO5S/c13-10-4-3-8(11(14)15)6-12(10)9-2-1-5-18(16,17)7-9/h3-4,6,9H,1-2,5,7H2,(H,14,15). The zero-order valence-electron chi connectivity index (χ0n) is 9.57. The highest BCUT2D eigenvalue weighted by Crippen LogP contribution is 2.21. The summed E-state index contributed by atoms with van der Waals surface area (Å²) in [5, 5.41) is 8.87. The number of nitrogens with zero attached hydrogens (tertiary/aromatic N) is 1. The second kappa shape index (κ2) is 4.56.